The minimum Gasteiger partial charge on any atom is -0.496 e. The highest BCUT2D eigenvalue weighted by Gasteiger charge is 2.43. The third-order valence-corrected chi connectivity index (χ3v) is 6.65. The zero-order chi connectivity index (χ0) is 20.7. The van der Waals surface area contributed by atoms with Gasteiger partial charge in [-0.05, 0) is 32.0 Å². The van der Waals surface area contributed by atoms with Crippen molar-refractivity contribution in [3.63, 3.8) is 0 Å². The van der Waals surface area contributed by atoms with Gasteiger partial charge in [-0.25, -0.2) is 4.68 Å². The van der Waals surface area contributed by atoms with Gasteiger partial charge in [-0.1, -0.05) is 36.4 Å². The highest BCUT2D eigenvalue weighted by atomic mass is 32.2. The van der Waals surface area contributed by atoms with Crippen molar-refractivity contribution >= 4 is 23.4 Å². The van der Waals surface area contributed by atoms with Gasteiger partial charge in [0.25, 0.3) is 5.56 Å². The predicted molar refractivity (Wildman–Crippen MR) is 116 cm³/mol. The number of para-hydroxylation sites is 2. The maximum Gasteiger partial charge on any atom is 0.295 e. The van der Waals surface area contributed by atoms with Crippen molar-refractivity contribution in [3.05, 3.63) is 76.2 Å². The summed E-state index contributed by atoms with van der Waals surface area (Å²) in [6.45, 7) is 3.75. The number of thioether (sulfide) groups is 1. The minimum atomic E-state index is -0.327. The predicted octanol–water partition coefficient (Wildman–Crippen LogP) is 3.66. The molecule has 1 amide bonds. The monoisotopic (exact) mass is 409 g/mol. The van der Waals surface area contributed by atoms with E-state index in [0.29, 0.717) is 11.4 Å². The van der Waals surface area contributed by atoms with Crippen molar-refractivity contribution in [1.29, 1.82) is 0 Å². The van der Waals surface area contributed by atoms with E-state index in [1.54, 1.807) is 21.4 Å². The molecule has 7 heteroatoms. The van der Waals surface area contributed by atoms with E-state index in [0.717, 1.165) is 16.9 Å². The minimum absolute atomic E-state index is 0.0723. The van der Waals surface area contributed by atoms with Gasteiger partial charge in [-0.3, -0.25) is 19.2 Å². The molecule has 1 aliphatic rings. The van der Waals surface area contributed by atoms with Crippen LogP contribution in [-0.2, 0) is 11.8 Å². The van der Waals surface area contributed by atoms with Crippen molar-refractivity contribution in [3.8, 4) is 11.4 Å². The van der Waals surface area contributed by atoms with Crippen molar-refractivity contribution < 1.29 is 9.53 Å². The van der Waals surface area contributed by atoms with Crippen LogP contribution in [-0.4, -0.2) is 27.6 Å². The summed E-state index contributed by atoms with van der Waals surface area (Å²) in [5.41, 5.74) is 2.58. The van der Waals surface area contributed by atoms with Crippen LogP contribution >= 0.6 is 11.8 Å². The Kier molecular flexibility index (Phi) is 5.00. The average Bonchev–Trinajstić information content (AvgIpc) is 3.14. The number of carbonyl (C=O) groups is 1. The lowest BCUT2D eigenvalue weighted by Gasteiger charge is -2.24. The van der Waals surface area contributed by atoms with Crippen LogP contribution in [0, 0.1) is 6.92 Å². The molecule has 0 aliphatic carbocycles. The van der Waals surface area contributed by atoms with Gasteiger partial charge in [0.2, 0.25) is 5.91 Å². The lowest BCUT2D eigenvalue weighted by molar-refractivity contribution is -0.117. The number of methoxy groups -OCH3 is 1. The van der Waals surface area contributed by atoms with Crippen LogP contribution in [0.1, 0.15) is 23.6 Å². The molecule has 0 bridgehead atoms. The molecule has 1 fully saturated rings. The Morgan fingerprint density at radius 1 is 1.00 bits per heavy atom. The highest BCUT2D eigenvalue weighted by Crippen LogP contribution is 2.47. The van der Waals surface area contributed by atoms with E-state index < -0.39 is 0 Å². The summed E-state index contributed by atoms with van der Waals surface area (Å²) >= 11 is 1.53. The second-order valence-electron chi connectivity index (χ2n) is 6.99. The Hall–Kier alpha value is -2.93. The van der Waals surface area contributed by atoms with Crippen molar-refractivity contribution in [2.75, 3.05) is 12.0 Å². The molecule has 6 nitrogen and oxygen atoms in total. The zero-order valence-electron chi connectivity index (χ0n) is 16.8. The summed E-state index contributed by atoms with van der Waals surface area (Å²) in [5.74, 6) is 0.630. The largest absolute Gasteiger partial charge is 0.496 e. The van der Waals surface area contributed by atoms with Crippen LogP contribution < -0.4 is 15.2 Å². The fourth-order valence-corrected chi connectivity index (χ4v) is 5.05. The molecule has 2 heterocycles. The van der Waals surface area contributed by atoms with Gasteiger partial charge in [-0.2, -0.15) is 0 Å². The van der Waals surface area contributed by atoms with Gasteiger partial charge in [-0.15, -0.1) is 11.8 Å². The quantitative estimate of drug-likeness (QED) is 0.660. The summed E-state index contributed by atoms with van der Waals surface area (Å²) in [7, 11) is 3.45. The summed E-state index contributed by atoms with van der Waals surface area (Å²) < 4.78 is 8.93. The van der Waals surface area contributed by atoms with E-state index >= 15 is 0 Å². The Labute approximate surface area is 173 Å². The summed E-state index contributed by atoms with van der Waals surface area (Å²) in [4.78, 5) is 28.3. The van der Waals surface area contributed by atoms with Crippen LogP contribution in [0.3, 0.4) is 0 Å². The molecule has 0 radical (unpaired) electrons. The van der Waals surface area contributed by atoms with E-state index in [9.17, 15) is 9.59 Å². The van der Waals surface area contributed by atoms with Gasteiger partial charge in [0.15, 0.2) is 0 Å². The first-order valence-electron chi connectivity index (χ1n) is 9.41. The number of nitrogens with zero attached hydrogens (tertiary/aromatic N) is 3. The third kappa shape index (κ3) is 3.06. The molecule has 1 aliphatic heterocycles. The lowest BCUT2D eigenvalue weighted by atomic mass is 10.1. The maximum absolute atomic E-state index is 13.5. The second kappa shape index (κ2) is 7.48. The van der Waals surface area contributed by atoms with Crippen molar-refractivity contribution in [2.24, 2.45) is 7.05 Å². The fraction of sp³-hybridized carbons (Fsp3) is 0.273. The van der Waals surface area contributed by atoms with E-state index in [4.69, 9.17) is 4.74 Å². The molecule has 0 N–H and O–H groups in total. The molecular formula is C22H23N3O3S. The molecule has 1 aromatic heterocycles. The first kappa shape index (κ1) is 19.4. The number of aromatic nitrogens is 2. The second-order valence-corrected chi connectivity index (χ2v) is 8.42. The summed E-state index contributed by atoms with van der Waals surface area (Å²) in [6.07, 6.45) is 0. The van der Waals surface area contributed by atoms with Gasteiger partial charge in [0.1, 0.15) is 16.8 Å². The van der Waals surface area contributed by atoms with E-state index in [1.807, 2.05) is 75.5 Å². The Balaban J connectivity index is 1.91. The Morgan fingerprint density at radius 2 is 1.66 bits per heavy atom. The number of amides is 1. The van der Waals surface area contributed by atoms with Crippen molar-refractivity contribution in [1.82, 2.24) is 9.36 Å². The number of anilines is 1. The molecular weight excluding hydrogens is 386 g/mol. The zero-order valence-corrected chi connectivity index (χ0v) is 17.6. The molecule has 2 atom stereocenters. The topological polar surface area (TPSA) is 56.5 Å². The molecule has 0 saturated carbocycles. The average molecular weight is 410 g/mol. The van der Waals surface area contributed by atoms with Gasteiger partial charge < -0.3 is 4.74 Å². The van der Waals surface area contributed by atoms with Crippen LogP contribution in [0.5, 0.6) is 5.75 Å². The number of rotatable bonds is 4. The molecule has 2 aromatic carbocycles. The highest BCUT2D eigenvalue weighted by molar-refractivity contribution is 8.01. The summed E-state index contributed by atoms with van der Waals surface area (Å²) in [5, 5.41) is -0.583. The smallest absolute Gasteiger partial charge is 0.295 e. The number of hydrogen-bond acceptors (Lipinski definition) is 4. The summed E-state index contributed by atoms with van der Waals surface area (Å²) in [6, 6.07) is 17.1. The van der Waals surface area contributed by atoms with E-state index in [-0.39, 0.29) is 22.1 Å². The van der Waals surface area contributed by atoms with Gasteiger partial charge in [0.05, 0.1) is 23.7 Å². The normalized spacial score (nSPS) is 19.0. The standard InChI is InChI=1S/C22H23N3O3S/c1-14-19(21(27)25(23(14)3)16-10-6-5-7-11-16)24-20(26)15(2)29-22(24)17-12-8-9-13-18(17)28-4/h5-13,15,22H,1-4H3. The number of benzene rings is 2. The van der Waals surface area contributed by atoms with Crippen molar-refractivity contribution in [2.45, 2.75) is 24.5 Å². The fourth-order valence-electron chi connectivity index (χ4n) is 3.77. The third-order valence-electron chi connectivity index (χ3n) is 5.32. The van der Waals surface area contributed by atoms with Crippen LogP contribution in [0.2, 0.25) is 0 Å². The Morgan fingerprint density at radius 3 is 2.34 bits per heavy atom. The Bertz CT molecular complexity index is 1120. The lowest BCUT2D eigenvalue weighted by Crippen LogP contribution is -2.34. The van der Waals surface area contributed by atoms with Gasteiger partial charge in [0, 0.05) is 12.6 Å². The molecule has 0 spiro atoms. The van der Waals surface area contributed by atoms with E-state index in [2.05, 4.69) is 0 Å². The molecule has 1 saturated heterocycles. The van der Waals surface area contributed by atoms with Crippen LogP contribution in [0.15, 0.2) is 59.4 Å². The molecule has 4 rings (SSSR count). The molecule has 2 unspecified atom stereocenters. The van der Waals surface area contributed by atoms with Gasteiger partial charge >= 0.3 is 0 Å². The van der Waals surface area contributed by atoms with Crippen LogP contribution in [0.25, 0.3) is 5.69 Å². The molecule has 3 aromatic rings. The maximum atomic E-state index is 13.5. The van der Waals surface area contributed by atoms with Crippen LogP contribution in [0.4, 0.5) is 5.69 Å². The number of hydrogen-bond donors (Lipinski definition) is 0. The first-order valence-corrected chi connectivity index (χ1v) is 10.4. The molecule has 150 valence electrons. The van der Waals surface area contributed by atoms with E-state index in [1.165, 1.54) is 11.8 Å². The number of ether oxygens (including phenoxy) is 1. The first-order chi connectivity index (χ1) is 14.0. The number of carbonyl (C=O) groups excluding carboxylic acids is 1. The molecule has 29 heavy (non-hydrogen) atoms. The SMILES string of the molecule is COc1ccccc1C1SC(C)C(=O)N1c1c(C)n(C)n(-c2ccccc2)c1=O.